The molecule has 3 aromatic rings. The van der Waals surface area contributed by atoms with E-state index in [0.29, 0.717) is 16.9 Å². The molecule has 0 saturated carbocycles. The van der Waals surface area contributed by atoms with E-state index < -0.39 is 0 Å². The van der Waals surface area contributed by atoms with Crippen LogP contribution in [0.1, 0.15) is 0 Å². The van der Waals surface area contributed by atoms with E-state index in [1.54, 1.807) is 36.5 Å². The van der Waals surface area contributed by atoms with Crippen molar-refractivity contribution in [1.29, 1.82) is 0 Å². The number of hydrogen-bond acceptors (Lipinski definition) is 1. The van der Waals surface area contributed by atoms with Gasteiger partial charge in [-0.25, -0.2) is 4.39 Å². The molecule has 4 heteroatoms. The van der Waals surface area contributed by atoms with Crippen LogP contribution in [0.15, 0.2) is 53.5 Å². The third-order valence-electron chi connectivity index (χ3n) is 2.67. The normalized spacial score (nSPS) is 10.9. The summed E-state index contributed by atoms with van der Waals surface area (Å²) in [5, 5.41) is 0. The summed E-state index contributed by atoms with van der Waals surface area (Å²) in [4.78, 5) is 14.6. The van der Waals surface area contributed by atoms with E-state index in [4.69, 9.17) is 0 Å². The van der Waals surface area contributed by atoms with Gasteiger partial charge in [0.25, 0.3) is 5.56 Å². The molecule has 3 rings (SSSR count). The van der Waals surface area contributed by atoms with Gasteiger partial charge >= 0.3 is 0 Å². The van der Waals surface area contributed by atoms with Crippen LogP contribution in [0.2, 0.25) is 0 Å². The van der Waals surface area contributed by atoms with Gasteiger partial charge in [-0.2, -0.15) is 0 Å². The van der Waals surface area contributed by atoms with Crippen molar-refractivity contribution < 1.29 is 4.39 Å². The van der Waals surface area contributed by atoms with E-state index in [9.17, 15) is 9.18 Å². The highest BCUT2D eigenvalue weighted by Gasteiger charge is 2.07. The first-order chi connectivity index (χ1) is 8.25. The molecule has 0 atom stereocenters. The maximum absolute atomic E-state index is 13.6. The summed E-state index contributed by atoms with van der Waals surface area (Å²) in [6, 6.07) is 11.4. The number of nitrogens with one attached hydrogen (secondary N) is 1. The van der Waals surface area contributed by atoms with Crippen molar-refractivity contribution in [3.63, 3.8) is 0 Å². The highest BCUT2D eigenvalue weighted by molar-refractivity contribution is 5.63. The number of rotatable bonds is 1. The fraction of sp³-hybridized carbons (Fsp3) is 0. The number of hydrogen-bond donors (Lipinski definition) is 1. The van der Waals surface area contributed by atoms with Gasteiger partial charge in [0.1, 0.15) is 11.5 Å². The first kappa shape index (κ1) is 9.84. The summed E-state index contributed by atoms with van der Waals surface area (Å²) in [5.41, 5.74) is 1.55. The van der Waals surface area contributed by atoms with Gasteiger partial charge in [-0.15, -0.1) is 0 Å². The van der Waals surface area contributed by atoms with E-state index in [0.717, 1.165) is 0 Å². The summed E-state index contributed by atoms with van der Waals surface area (Å²) < 4.78 is 15.1. The van der Waals surface area contributed by atoms with Crippen LogP contribution in [0.3, 0.4) is 0 Å². The minimum atomic E-state index is -0.313. The van der Waals surface area contributed by atoms with Crippen LogP contribution in [-0.2, 0) is 0 Å². The molecule has 3 nitrogen and oxygen atoms in total. The van der Waals surface area contributed by atoms with Gasteiger partial charge in [0.2, 0.25) is 0 Å². The number of imidazole rings is 1. The Morgan fingerprint density at radius 1 is 1.06 bits per heavy atom. The summed E-state index contributed by atoms with van der Waals surface area (Å²) >= 11 is 0. The van der Waals surface area contributed by atoms with E-state index in [1.807, 2.05) is 0 Å². The molecular formula is C13H9FN2O. The van der Waals surface area contributed by atoms with Gasteiger partial charge in [0.15, 0.2) is 0 Å². The number of pyridine rings is 1. The molecule has 0 aliphatic heterocycles. The Labute approximate surface area is 96.2 Å². The second-order valence-corrected chi connectivity index (χ2v) is 3.77. The minimum absolute atomic E-state index is 0.138. The predicted octanol–water partition coefficient (Wildman–Crippen LogP) is 2.43. The minimum Gasteiger partial charge on any atom is -0.339 e. The van der Waals surface area contributed by atoms with Gasteiger partial charge < -0.3 is 4.98 Å². The van der Waals surface area contributed by atoms with Gasteiger partial charge in [-0.05, 0) is 18.2 Å². The fourth-order valence-electron chi connectivity index (χ4n) is 1.85. The number of fused-ring (bicyclic) bond motifs is 1. The highest BCUT2D eigenvalue weighted by atomic mass is 19.1. The van der Waals surface area contributed by atoms with Crippen LogP contribution < -0.4 is 5.56 Å². The molecule has 84 valence electrons. The third-order valence-corrected chi connectivity index (χ3v) is 2.67. The molecule has 0 spiro atoms. The van der Waals surface area contributed by atoms with Crippen molar-refractivity contribution in [1.82, 2.24) is 9.38 Å². The summed E-state index contributed by atoms with van der Waals surface area (Å²) in [6.07, 6.45) is 1.61. The zero-order valence-electron chi connectivity index (χ0n) is 8.85. The maximum atomic E-state index is 13.6. The molecule has 2 aromatic heterocycles. The van der Waals surface area contributed by atoms with Crippen LogP contribution in [0.5, 0.6) is 0 Å². The Morgan fingerprint density at radius 3 is 2.65 bits per heavy atom. The molecule has 0 radical (unpaired) electrons. The Bertz CT molecular complexity index is 742. The fourth-order valence-corrected chi connectivity index (χ4v) is 1.85. The number of halogens is 1. The topological polar surface area (TPSA) is 37.3 Å². The molecule has 1 N–H and O–H groups in total. The van der Waals surface area contributed by atoms with Crippen LogP contribution in [-0.4, -0.2) is 9.38 Å². The Hall–Kier alpha value is -2.36. The molecule has 1 aromatic carbocycles. The average Bonchev–Trinajstić information content (AvgIpc) is 2.75. The smallest absolute Gasteiger partial charge is 0.256 e. The Balaban J connectivity index is 2.30. The molecule has 0 bridgehead atoms. The molecule has 0 fully saturated rings. The predicted molar refractivity (Wildman–Crippen MR) is 63.4 cm³/mol. The second-order valence-electron chi connectivity index (χ2n) is 3.77. The molecule has 0 unspecified atom stereocenters. The van der Waals surface area contributed by atoms with Crippen molar-refractivity contribution in [3.8, 4) is 11.3 Å². The van der Waals surface area contributed by atoms with Crippen LogP contribution in [0.25, 0.3) is 16.9 Å². The highest BCUT2D eigenvalue weighted by Crippen LogP contribution is 2.21. The van der Waals surface area contributed by atoms with E-state index in [2.05, 4.69) is 4.98 Å². The van der Waals surface area contributed by atoms with Crippen LogP contribution in [0.4, 0.5) is 4.39 Å². The lowest BCUT2D eigenvalue weighted by Gasteiger charge is -1.97. The summed E-state index contributed by atoms with van der Waals surface area (Å²) in [6.45, 7) is 0. The van der Waals surface area contributed by atoms with E-state index in [1.165, 1.54) is 16.5 Å². The Morgan fingerprint density at radius 2 is 1.88 bits per heavy atom. The lowest BCUT2D eigenvalue weighted by molar-refractivity contribution is 0.631. The zero-order valence-corrected chi connectivity index (χ0v) is 8.85. The quantitative estimate of drug-likeness (QED) is 0.682. The van der Waals surface area contributed by atoms with Crippen molar-refractivity contribution >= 4 is 5.65 Å². The third kappa shape index (κ3) is 1.54. The lowest BCUT2D eigenvalue weighted by atomic mass is 10.1. The number of aromatic amines is 1. The van der Waals surface area contributed by atoms with Crippen LogP contribution in [0, 0.1) is 5.82 Å². The van der Waals surface area contributed by atoms with Crippen molar-refractivity contribution in [2.75, 3.05) is 0 Å². The summed E-state index contributed by atoms with van der Waals surface area (Å²) in [5.74, 6) is -0.313. The zero-order chi connectivity index (χ0) is 11.8. The van der Waals surface area contributed by atoms with Gasteiger partial charge in [0.05, 0.1) is 5.69 Å². The number of aromatic nitrogens is 2. The monoisotopic (exact) mass is 228 g/mol. The largest absolute Gasteiger partial charge is 0.339 e. The van der Waals surface area contributed by atoms with Crippen LogP contribution >= 0.6 is 0 Å². The molecule has 17 heavy (non-hydrogen) atoms. The number of nitrogens with zero attached hydrogens (tertiary/aromatic N) is 1. The van der Waals surface area contributed by atoms with Crippen molar-refractivity contribution in [2.24, 2.45) is 0 Å². The van der Waals surface area contributed by atoms with Crippen molar-refractivity contribution in [2.45, 2.75) is 0 Å². The molecule has 2 heterocycles. The first-order valence-electron chi connectivity index (χ1n) is 5.21. The van der Waals surface area contributed by atoms with E-state index >= 15 is 0 Å². The van der Waals surface area contributed by atoms with E-state index in [-0.39, 0.29) is 11.4 Å². The number of H-pyrrole nitrogens is 1. The SMILES string of the molecule is O=c1cccc2[nH]c(-c3ccccc3F)cn12. The molecule has 0 saturated heterocycles. The lowest BCUT2D eigenvalue weighted by Crippen LogP contribution is -2.08. The average molecular weight is 228 g/mol. The second kappa shape index (κ2) is 3.59. The van der Waals surface area contributed by atoms with Gasteiger partial charge in [-0.1, -0.05) is 18.2 Å². The Kier molecular flexibility index (Phi) is 2.08. The molecule has 0 aliphatic rings. The maximum Gasteiger partial charge on any atom is 0.256 e. The molecular weight excluding hydrogens is 219 g/mol. The first-order valence-corrected chi connectivity index (χ1v) is 5.21. The van der Waals surface area contributed by atoms with Gasteiger partial charge in [-0.3, -0.25) is 9.20 Å². The molecule has 0 amide bonds. The number of benzene rings is 1. The van der Waals surface area contributed by atoms with Gasteiger partial charge in [0, 0.05) is 17.8 Å². The molecule has 0 aliphatic carbocycles. The van der Waals surface area contributed by atoms with Crippen molar-refractivity contribution in [3.05, 3.63) is 64.8 Å². The standard InChI is InChI=1S/C13H9FN2O/c14-10-5-2-1-4-9(10)11-8-16-12(15-11)6-3-7-13(16)17/h1-8,15H. The summed E-state index contributed by atoms with van der Waals surface area (Å²) in [7, 11) is 0.